The molecule has 4 nitrogen and oxygen atoms in total. The van der Waals surface area contributed by atoms with Crippen LogP contribution in [-0.2, 0) is 24.6 Å². The van der Waals surface area contributed by atoms with E-state index in [1.54, 1.807) is 7.11 Å². The van der Waals surface area contributed by atoms with Crippen molar-refractivity contribution in [2.24, 2.45) is 7.05 Å². The van der Waals surface area contributed by atoms with Gasteiger partial charge in [-0.05, 0) is 54.3 Å². The van der Waals surface area contributed by atoms with Gasteiger partial charge in [-0.3, -0.25) is 0 Å². The maximum Gasteiger partial charge on any atom is 0.337 e. The Bertz CT molecular complexity index is 970. The summed E-state index contributed by atoms with van der Waals surface area (Å²) in [6.45, 7) is 2.24. The SMILES string of the molecule is CCCCCCc1c(Cc2ccc(C(=O)OC)cc2)n(C)c2ccc(OC)cc12. The van der Waals surface area contributed by atoms with Gasteiger partial charge in [0.15, 0.2) is 0 Å². The predicted molar refractivity (Wildman–Crippen MR) is 118 cm³/mol. The van der Waals surface area contributed by atoms with E-state index in [4.69, 9.17) is 9.47 Å². The molecule has 0 saturated carbocycles. The molecular formula is C25H31NO3. The molecule has 0 unspecified atom stereocenters. The number of hydrogen-bond donors (Lipinski definition) is 0. The van der Waals surface area contributed by atoms with Crippen molar-refractivity contribution in [2.75, 3.05) is 14.2 Å². The van der Waals surface area contributed by atoms with Gasteiger partial charge in [0.1, 0.15) is 5.75 Å². The lowest BCUT2D eigenvalue weighted by Crippen LogP contribution is -2.03. The molecule has 154 valence electrons. The second-order valence-corrected chi connectivity index (χ2v) is 7.54. The van der Waals surface area contributed by atoms with Crippen molar-refractivity contribution >= 4 is 16.9 Å². The third-order valence-corrected chi connectivity index (χ3v) is 5.67. The quantitative estimate of drug-likeness (QED) is 0.346. The standard InChI is InChI=1S/C25H31NO3/c1-5-6-7-8-9-21-22-17-20(28-3)14-15-23(22)26(2)24(21)16-18-10-12-19(13-11-18)25(27)29-4/h10-15,17H,5-9,16H2,1-4H3. The number of aryl methyl sites for hydroxylation is 2. The van der Waals surface area contributed by atoms with E-state index in [1.807, 2.05) is 30.3 Å². The van der Waals surface area contributed by atoms with Crippen LogP contribution in [0, 0.1) is 0 Å². The summed E-state index contributed by atoms with van der Waals surface area (Å²) in [4.78, 5) is 11.7. The molecule has 0 saturated heterocycles. The lowest BCUT2D eigenvalue weighted by atomic mass is 9.99. The Morgan fingerprint density at radius 1 is 1.00 bits per heavy atom. The molecular weight excluding hydrogens is 362 g/mol. The third kappa shape index (κ3) is 4.64. The first-order valence-electron chi connectivity index (χ1n) is 10.4. The summed E-state index contributed by atoms with van der Waals surface area (Å²) in [5.41, 5.74) is 5.74. The number of rotatable bonds is 9. The highest BCUT2D eigenvalue weighted by atomic mass is 16.5. The minimum Gasteiger partial charge on any atom is -0.497 e. The number of carbonyl (C=O) groups is 1. The second kappa shape index (κ2) is 9.64. The molecule has 1 aromatic heterocycles. The van der Waals surface area contributed by atoms with Crippen LogP contribution in [0.2, 0.25) is 0 Å². The normalized spacial score (nSPS) is 11.0. The fourth-order valence-corrected chi connectivity index (χ4v) is 3.98. The first kappa shape index (κ1) is 21.0. The number of aromatic nitrogens is 1. The smallest absolute Gasteiger partial charge is 0.337 e. The molecule has 2 aromatic carbocycles. The molecule has 4 heteroatoms. The average molecular weight is 394 g/mol. The molecule has 0 bridgehead atoms. The Morgan fingerprint density at radius 3 is 2.41 bits per heavy atom. The second-order valence-electron chi connectivity index (χ2n) is 7.54. The van der Waals surface area contributed by atoms with Crippen molar-refractivity contribution in [3.63, 3.8) is 0 Å². The number of fused-ring (bicyclic) bond motifs is 1. The van der Waals surface area contributed by atoms with Crippen molar-refractivity contribution in [3.05, 3.63) is 64.8 Å². The van der Waals surface area contributed by atoms with E-state index >= 15 is 0 Å². The van der Waals surface area contributed by atoms with Gasteiger partial charge in [0.25, 0.3) is 0 Å². The van der Waals surface area contributed by atoms with Gasteiger partial charge in [-0.1, -0.05) is 38.3 Å². The monoisotopic (exact) mass is 393 g/mol. The third-order valence-electron chi connectivity index (χ3n) is 5.67. The first-order valence-corrected chi connectivity index (χ1v) is 10.4. The summed E-state index contributed by atoms with van der Waals surface area (Å²) in [6, 6.07) is 14.1. The van der Waals surface area contributed by atoms with Gasteiger partial charge in [-0.25, -0.2) is 4.79 Å². The number of carbonyl (C=O) groups excluding carboxylic acids is 1. The highest BCUT2D eigenvalue weighted by molar-refractivity contribution is 5.89. The molecule has 0 aliphatic carbocycles. The number of nitrogens with zero attached hydrogens (tertiary/aromatic N) is 1. The van der Waals surface area contributed by atoms with Gasteiger partial charge >= 0.3 is 5.97 Å². The fraction of sp³-hybridized carbons (Fsp3) is 0.400. The van der Waals surface area contributed by atoms with Crippen molar-refractivity contribution in [1.29, 1.82) is 0 Å². The molecule has 0 atom stereocenters. The zero-order valence-corrected chi connectivity index (χ0v) is 18.0. The molecule has 29 heavy (non-hydrogen) atoms. The summed E-state index contributed by atoms with van der Waals surface area (Å²) in [5, 5.41) is 1.28. The van der Waals surface area contributed by atoms with E-state index in [-0.39, 0.29) is 5.97 Å². The Balaban J connectivity index is 1.96. The van der Waals surface area contributed by atoms with Crippen LogP contribution in [0.4, 0.5) is 0 Å². The van der Waals surface area contributed by atoms with Crippen LogP contribution >= 0.6 is 0 Å². The molecule has 3 rings (SSSR count). The number of hydrogen-bond acceptors (Lipinski definition) is 3. The molecule has 3 aromatic rings. The molecule has 1 heterocycles. The molecule has 0 N–H and O–H groups in total. The van der Waals surface area contributed by atoms with Crippen LogP contribution in [-0.4, -0.2) is 24.8 Å². The summed E-state index contributed by atoms with van der Waals surface area (Å²) >= 11 is 0. The maximum atomic E-state index is 11.7. The molecule has 0 radical (unpaired) electrons. The molecule has 0 aliphatic rings. The Morgan fingerprint density at radius 2 is 1.76 bits per heavy atom. The van der Waals surface area contributed by atoms with Gasteiger partial charge in [0, 0.05) is 30.1 Å². The minimum atomic E-state index is -0.301. The summed E-state index contributed by atoms with van der Waals surface area (Å²) in [6.07, 6.45) is 6.86. The number of benzene rings is 2. The Kier molecular flexibility index (Phi) is 6.97. The summed E-state index contributed by atoms with van der Waals surface area (Å²) < 4.78 is 12.6. The molecule has 0 amide bonds. The highest BCUT2D eigenvalue weighted by Crippen LogP contribution is 2.31. The average Bonchev–Trinajstić information content (AvgIpc) is 3.01. The van der Waals surface area contributed by atoms with Gasteiger partial charge in [-0.15, -0.1) is 0 Å². The van der Waals surface area contributed by atoms with Crippen LogP contribution < -0.4 is 4.74 Å². The van der Waals surface area contributed by atoms with Crippen LogP contribution in [0.1, 0.15) is 59.8 Å². The lowest BCUT2D eigenvalue weighted by Gasteiger charge is -2.09. The highest BCUT2D eigenvalue weighted by Gasteiger charge is 2.16. The number of unbranched alkanes of at least 4 members (excludes halogenated alkanes) is 3. The molecule has 0 aliphatic heterocycles. The molecule has 0 fully saturated rings. The van der Waals surface area contributed by atoms with E-state index in [2.05, 4.69) is 30.7 Å². The number of esters is 1. The summed E-state index contributed by atoms with van der Waals surface area (Å²) in [7, 11) is 5.27. The van der Waals surface area contributed by atoms with E-state index < -0.39 is 0 Å². The Labute approximate surface area is 173 Å². The van der Waals surface area contributed by atoms with E-state index in [0.717, 1.165) is 18.6 Å². The van der Waals surface area contributed by atoms with Gasteiger partial charge in [0.05, 0.1) is 19.8 Å². The number of ether oxygens (including phenoxy) is 2. The largest absolute Gasteiger partial charge is 0.497 e. The first-order chi connectivity index (χ1) is 14.1. The van der Waals surface area contributed by atoms with E-state index in [9.17, 15) is 4.79 Å². The molecule has 0 spiro atoms. The zero-order valence-electron chi connectivity index (χ0n) is 18.0. The maximum absolute atomic E-state index is 11.7. The predicted octanol–water partition coefficient (Wildman–Crippen LogP) is 5.69. The van der Waals surface area contributed by atoms with Gasteiger partial charge < -0.3 is 14.0 Å². The Hall–Kier alpha value is -2.75. The van der Waals surface area contributed by atoms with Crippen LogP contribution in [0.25, 0.3) is 10.9 Å². The zero-order chi connectivity index (χ0) is 20.8. The minimum absolute atomic E-state index is 0.301. The summed E-state index contributed by atoms with van der Waals surface area (Å²) in [5.74, 6) is 0.594. The van der Waals surface area contributed by atoms with E-state index in [0.29, 0.717) is 5.56 Å². The lowest BCUT2D eigenvalue weighted by molar-refractivity contribution is 0.0600. The van der Waals surface area contributed by atoms with Gasteiger partial charge in [0.2, 0.25) is 0 Å². The van der Waals surface area contributed by atoms with Crippen molar-refractivity contribution in [3.8, 4) is 5.75 Å². The number of methoxy groups -OCH3 is 2. The van der Waals surface area contributed by atoms with Crippen LogP contribution in [0.5, 0.6) is 5.75 Å². The fourth-order valence-electron chi connectivity index (χ4n) is 3.98. The van der Waals surface area contributed by atoms with Crippen molar-refractivity contribution < 1.29 is 14.3 Å². The van der Waals surface area contributed by atoms with Crippen molar-refractivity contribution in [2.45, 2.75) is 45.4 Å². The van der Waals surface area contributed by atoms with Crippen LogP contribution in [0.3, 0.4) is 0 Å². The van der Waals surface area contributed by atoms with Crippen LogP contribution in [0.15, 0.2) is 42.5 Å². The van der Waals surface area contributed by atoms with Gasteiger partial charge in [-0.2, -0.15) is 0 Å². The topological polar surface area (TPSA) is 40.5 Å². The van der Waals surface area contributed by atoms with E-state index in [1.165, 1.54) is 60.5 Å². The van der Waals surface area contributed by atoms with Crippen molar-refractivity contribution in [1.82, 2.24) is 4.57 Å².